The van der Waals surface area contributed by atoms with Crippen molar-refractivity contribution in [1.29, 1.82) is 0 Å². The van der Waals surface area contributed by atoms with Gasteiger partial charge in [-0.15, -0.1) is 0 Å². The maximum atomic E-state index is 13.3. The fourth-order valence-corrected chi connectivity index (χ4v) is 4.05. The highest BCUT2D eigenvalue weighted by molar-refractivity contribution is 6.51. The number of methoxy groups -OCH3 is 1. The zero-order chi connectivity index (χ0) is 24.4. The number of ether oxygens (including phenoxy) is 1. The molecule has 1 atom stereocenters. The highest BCUT2D eigenvalue weighted by Gasteiger charge is 2.47. The fraction of sp³-hybridized carbons (Fsp3) is 0.115. The third-order valence-corrected chi connectivity index (χ3v) is 5.67. The van der Waals surface area contributed by atoms with Gasteiger partial charge >= 0.3 is 0 Å². The molecule has 1 heterocycles. The second-order valence-corrected chi connectivity index (χ2v) is 8.12. The van der Waals surface area contributed by atoms with Crippen molar-refractivity contribution < 1.29 is 24.2 Å². The van der Waals surface area contributed by atoms with Gasteiger partial charge in [-0.2, -0.15) is 0 Å². The Kier molecular flexibility index (Phi) is 6.38. The van der Waals surface area contributed by atoms with Crippen molar-refractivity contribution in [1.82, 2.24) is 0 Å². The van der Waals surface area contributed by atoms with Crippen molar-refractivity contribution in [3.8, 4) is 5.75 Å². The molecule has 0 radical (unpaired) electrons. The normalized spacial score (nSPS) is 17.0. The van der Waals surface area contributed by atoms with Crippen molar-refractivity contribution in [2.75, 3.05) is 17.3 Å². The Morgan fingerprint density at radius 1 is 1.03 bits per heavy atom. The van der Waals surface area contributed by atoms with Gasteiger partial charge in [0, 0.05) is 28.9 Å². The second-order valence-electron chi connectivity index (χ2n) is 7.68. The summed E-state index contributed by atoms with van der Waals surface area (Å²) in [7, 11) is 1.51. The van der Waals surface area contributed by atoms with Crippen molar-refractivity contribution >= 4 is 46.3 Å². The molecule has 0 aromatic heterocycles. The van der Waals surface area contributed by atoms with Gasteiger partial charge in [0.25, 0.3) is 11.7 Å². The number of nitrogens with one attached hydrogen (secondary N) is 1. The van der Waals surface area contributed by atoms with Crippen LogP contribution in [0.3, 0.4) is 0 Å². The molecule has 1 unspecified atom stereocenters. The van der Waals surface area contributed by atoms with E-state index in [9.17, 15) is 19.5 Å². The Balaban J connectivity index is 1.93. The van der Waals surface area contributed by atoms with Gasteiger partial charge < -0.3 is 15.2 Å². The molecule has 0 bridgehead atoms. The molecule has 0 aliphatic carbocycles. The summed E-state index contributed by atoms with van der Waals surface area (Å²) < 4.78 is 5.34. The molecular formula is C26H21ClN2O5. The van der Waals surface area contributed by atoms with Crippen molar-refractivity contribution in [3.63, 3.8) is 0 Å². The van der Waals surface area contributed by atoms with E-state index in [-0.39, 0.29) is 17.2 Å². The van der Waals surface area contributed by atoms with Gasteiger partial charge in [0.1, 0.15) is 11.5 Å². The monoisotopic (exact) mass is 476 g/mol. The average molecular weight is 477 g/mol. The van der Waals surface area contributed by atoms with E-state index in [1.165, 1.54) is 18.9 Å². The van der Waals surface area contributed by atoms with E-state index in [4.69, 9.17) is 16.3 Å². The summed E-state index contributed by atoms with van der Waals surface area (Å²) in [6, 6.07) is 18.9. The Hall–Kier alpha value is -4.10. The summed E-state index contributed by atoms with van der Waals surface area (Å²) in [5.41, 5.74) is 1.71. The molecule has 4 rings (SSSR count). The minimum Gasteiger partial charge on any atom is -0.507 e. The summed E-state index contributed by atoms with van der Waals surface area (Å²) in [6.07, 6.45) is 0. The first kappa shape index (κ1) is 23.1. The maximum Gasteiger partial charge on any atom is 0.300 e. The molecule has 0 spiro atoms. The summed E-state index contributed by atoms with van der Waals surface area (Å²) in [5, 5.41) is 14.3. The van der Waals surface area contributed by atoms with Crippen LogP contribution >= 0.6 is 11.6 Å². The van der Waals surface area contributed by atoms with Crippen LogP contribution in [-0.2, 0) is 14.4 Å². The summed E-state index contributed by atoms with van der Waals surface area (Å²) in [5.74, 6) is -1.69. The molecule has 1 fully saturated rings. The standard InChI is InChI=1S/C26H21ClN2O5/c1-15(30)28-19-6-4-7-20(14-19)29-23(17-5-3-8-21(13-17)34-2)22(25(32)26(29)33)24(31)16-9-11-18(27)12-10-16/h3-14,23,31H,1-2H3,(H,28,30)/b24-22+. The van der Waals surface area contributed by atoms with Gasteiger partial charge in [-0.3, -0.25) is 19.3 Å². The zero-order valence-electron chi connectivity index (χ0n) is 18.4. The Morgan fingerprint density at radius 2 is 1.74 bits per heavy atom. The predicted octanol–water partition coefficient (Wildman–Crippen LogP) is 4.93. The lowest BCUT2D eigenvalue weighted by atomic mass is 9.95. The molecule has 3 aromatic rings. The van der Waals surface area contributed by atoms with Crippen LogP contribution in [0.15, 0.2) is 78.4 Å². The van der Waals surface area contributed by atoms with Gasteiger partial charge in [0.05, 0.1) is 18.7 Å². The SMILES string of the molecule is COc1cccc(C2/C(=C(\O)c3ccc(Cl)cc3)C(=O)C(=O)N2c2cccc(NC(C)=O)c2)c1. The molecule has 172 valence electrons. The molecule has 3 aromatic carbocycles. The maximum absolute atomic E-state index is 13.3. The van der Waals surface area contributed by atoms with Gasteiger partial charge in [-0.1, -0.05) is 29.8 Å². The zero-order valence-corrected chi connectivity index (χ0v) is 19.2. The lowest BCUT2D eigenvalue weighted by Gasteiger charge is -2.26. The van der Waals surface area contributed by atoms with Crippen LogP contribution in [0, 0.1) is 0 Å². The molecule has 2 amide bonds. The number of halogens is 1. The number of ketones is 1. The lowest BCUT2D eigenvalue weighted by molar-refractivity contribution is -0.132. The first-order valence-electron chi connectivity index (χ1n) is 10.4. The third kappa shape index (κ3) is 4.38. The predicted molar refractivity (Wildman–Crippen MR) is 130 cm³/mol. The van der Waals surface area contributed by atoms with Crippen LogP contribution < -0.4 is 15.0 Å². The number of rotatable bonds is 5. The van der Waals surface area contributed by atoms with Crippen LogP contribution in [0.1, 0.15) is 24.1 Å². The number of anilines is 2. The minimum absolute atomic E-state index is 0.0643. The average Bonchev–Trinajstić information content (AvgIpc) is 3.09. The van der Waals surface area contributed by atoms with Crippen LogP contribution in [0.4, 0.5) is 11.4 Å². The Labute approximate surface area is 201 Å². The van der Waals surface area contributed by atoms with E-state index in [2.05, 4.69) is 5.32 Å². The van der Waals surface area contributed by atoms with Crippen molar-refractivity contribution in [2.45, 2.75) is 13.0 Å². The number of nitrogens with zero attached hydrogens (tertiary/aromatic N) is 1. The van der Waals surface area contributed by atoms with E-state index in [1.54, 1.807) is 72.8 Å². The van der Waals surface area contributed by atoms with E-state index < -0.39 is 17.7 Å². The van der Waals surface area contributed by atoms with Gasteiger partial charge in [0.2, 0.25) is 5.91 Å². The number of amides is 2. The van der Waals surface area contributed by atoms with Crippen molar-refractivity contribution in [3.05, 3.63) is 94.5 Å². The number of carbonyl (C=O) groups excluding carboxylic acids is 3. The van der Waals surface area contributed by atoms with E-state index >= 15 is 0 Å². The summed E-state index contributed by atoms with van der Waals surface area (Å²) in [6.45, 7) is 1.38. The first-order chi connectivity index (χ1) is 16.3. The number of Topliss-reactive ketones (excluding diaryl/α,β-unsaturated/α-hetero) is 1. The van der Waals surface area contributed by atoms with E-state index in [0.717, 1.165) is 0 Å². The number of hydrogen-bond acceptors (Lipinski definition) is 5. The Bertz CT molecular complexity index is 1320. The van der Waals surface area contributed by atoms with E-state index in [0.29, 0.717) is 33.3 Å². The number of hydrogen-bond donors (Lipinski definition) is 2. The quantitative estimate of drug-likeness (QED) is 0.309. The molecule has 1 saturated heterocycles. The van der Waals surface area contributed by atoms with Crippen LogP contribution in [0.5, 0.6) is 5.75 Å². The summed E-state index contributed by atoms with van der Waals surface area (Å²) >= 11 is 5.97. The lowest BCUT2D eigenvalue weighted by Crippen LogP contribution is -2.29. The molecule has 2 N–H and O–H groups in total. The summed E-state index contributed by atoms with van der Waals surface area (Å²) in [4.78, 5) is 39.3. The topological polar surface area (TPSA) is 95.9 Å². The van der Waals surface area contributed by atoms with Crippen LogP contribution in [0.2, 0.25) is 5.02 Å². The molecule has 7 nitrogen and oxygen atoms in total. The minimum atomic E-state index is -0.932. The number of benzene rings is 3. The molecule has 34 heavy (non-hydrogen) atoms. The van der Waals surface area contributed by atoms with Crippen LogP contribution in [0.25, 0.3) is 5.76 Å². The van der Waals surface area contributed by atoms with Crippen LogP contribution in [-0.4, -0.2) is 29.8 Å². The largest absolute Gasteiger partial charge is 0.507 e. The van der Waals surface area contributed by atoms with Gasteiger partial charge in [-0.25, -0.2) is 0 Å². The molecule has 0 saturated carbocycles. The van der Waals surface area contributed by atoms with Gasteiger partial charge in [-0.05, 0) is 60.2 Å². The molecule has 8 heteroatoms. The fourth-order valence-electron chi connectivity index (χ4n) is 3.93. The smallest absolute Gasteiger partial charge is 0.300 e. The molecule has 1 aliphatic heterocycles. The highest BCUT2D eigenvalue weighted by Crippen LogP contribution is 2.43. The number of aliphatic hydroxyl groups is 1. The Morgan fingerprint density at radius 3 is 2.41 bits per heavy atom. The molecular weight excluding hydrogens is 456 g/mol. The first-order valence-corrected chi connectivity index (χ1v) is 10.8. The van der Waals surface area contributed by atoms with Crippen molar-refractivity contribution in [2.24, 2.45) is 0 Å². The second kappa shape index (κ2) is 9.41. The number of carbonyl (C=O) groups is 3. The number of aliphatic hydroxyl groups excluding tert-OH is 1. The third-order valence-electron chi connectivity index (χ3n) is 5.42. The van der Waals surface area contributed by atoms with E-state index in [1.807, 2.05) is 0 Å². The van der Waals surface area contributed by atoms with Gasteiger partial charge in [0.15, 0.2) is 0 Å². The highest BCUT2D eigenvalue weighted by atomic mass is 35.5. The molecule has 1 aliphatic rings.